The lowest BCUT2D eigenvalue weighted by molar-refractivity contribution is -0.119. The number of sulfonamides is 1. The minimum absolute atomic E-state index is 0.294. The molecular formula is C14H19N3O3S. The Morgan fingerprint density at radius 1 is 1.43 bits per heavy atom. The first-order valence-electron chi connectivity index (χ1n) is 6.63. The maximum atomic E-state index is 11.9. The molecule has 0 atom stereocenters. The van der Waals surface area contributed by atoms with Gasteiger partial charge in [-0.1, -0.05) is 19.4 Å². The van der Waals surface area contributed by atoms with Crippen LogP contribution in [0.4, 0.5) is 5.69 Å². The van der Waals surface area contributed by atoms with E-state index in [0.29, 0.717) is 17.8 Å². The average Bonchev–Trinajstić information content (AvgIpc) is 2.44. The normalized spacial score (nSPS) is 10.7. The van der Waals surface area contributed by atoms with Crippen LogP contribution in [-0.4, -0.2) is 33.7 Å². The molecule has 1 amide bonds. The molecule has 21 heavy (non-hydrogen) atoms. The van der Waals surface area contributed by atoms with Crippen LogP contribution in [0.2, 0.25) is 0 Å². The third kappa shape index (κ3) is 5.44. The number of nitrogens with one attached hydrogen (secondary N) is 1. The second-order valence-electron chi connectivity index (χ2n) is 4.64. The van der Waals surface area contributed by atoms with Gasteiger partial charge in [0.15, 0.2) is 0 Å². The lowest BCUT2D eigenvalue weighted by Crippen LogP contribution is -2.40. The molecule has 0 radical (unpaired) electrons. The summed E-state index contributed by atoms with van der Waals surface area (Å²) >= 11 is 0. The summed E-state index contributed by atoms with van der Waals surface area (Å²) in [5.41, 5.74) is 0.648. The topological polar surface area (TPSA) is 90.3 Å². The zero-order chi connectivity index (χ0) is 15.9. The minimum atomic E-state index is -3.61. The maximum absolute atomic E-state index is 11.9. The number of carbonyl (C=O) groups is 1. The van der Waals surface area contributed by atoms with E-state index in [9.17, 15) is 13.2 Å². The minimum Gasteiger partial charge on any atom is -0.355 e. The van der Waals surface area contributed by atoms with Gasteiger partial charge in [0, 0.05) is 6.54 Å². The standard InChI is InChI=1S/C14H19N3O3S/c1-3-4-8-16-14(18)11-17(21(2,19)20)13-7-5-6-12(9-13)10-15/h5-7,9H,3-4,8,11H2,1-2H3,(H,16,18). The Labute approximate surface area is 125 Å². The Hall–Kier alpha value is -2.07. The van der Waals surface area contributed by atoms with Crippen molar-refractivity contribution in [1.82, 2.24) is 5.32 Å². The molecule has 0 heterocycles. The summed E-state index contributed by atoms with van der Waals surface area (Å²) in [6.07, 6.45) is 2.82. The van der Waals surface area contributed by atoms with Crippen molar-refractivity contribution in [3.05, 3.63) is 29.8 Å². The number of nitrogens with zero attached hydrogens (tertiary/aromatic N) is 2. The maximum Gasteiger partial charge on any atom is 0.240 e. The van der Waals surface area contributed by atoms with Crippen LogP contribution in [0, 0.1) is 11.3 Å². The lowest BCUT2D eigenvalue weighted by atomic mass is 10.2. The molecule has 0 aliphatic heterocycles. The number of rotatable bonds is 7. The molecule has 0 aromatic heterocycles. The number of benzene rings is 1. The molecule has 0 spiro atoms. The van der Waals surface area contributed by atoms with Gasteiger partial charge in [0.25, 0.3) is 0 Å². The van der Waals surface area contributed by atoms with Crippen LogP contribution in [0.15, 0.2) is 24.3 Å². The first-order chi connectivity index (χ1) is 9.88. The number of hydrogen-bond donors (Lipinski definition) is 1. The number of carbonyl (C=O) groups excluding carboxylic acids is 1. The Morgan fingerprint density at radius 3 is 2.71 bits per heavy atom. The molecule has 0 aliphatic carbocycles. The molecule has 0 bridgehead atoms. The summed E-state index contributed by atoms with van der Waals surface area (Å²) in [4.78, 5) is 11.8. The summed E-state index contributed by atoms with van der Waals surface area (Å²) in [6, 6.07) is 8.11. The van der Waals surface area contributed by atoms with E-state index in [1.807, 2.05) is 13.0 Å². The summed E-state index contributed by atoms with van der Waals surface area (Å²) in [6.45, 7) is 2.23. The Kier molecular flexibility index (Phi) is 6.18. The summed E-state index contributed by atoms with van der Waals surface area (Å²) < 4.78 is 24.7. The molecule has 1 aromatic carbocycles. The van der Waals surface area contributed by atoms with E-state index in [0.717, 1.165) is 23.4 Å². The van der Waals surface area contributed by atoms with Crippen LogP contribution in [0.5, 0.6) is 0 Å². The molecule has 1 rings (SSSR count). The van der Waals surface area contributed by atoms with Gasteiger partial charge in [-0.2, -0.15) is 5.26 Å². The largest absolute Gasteiger partial charge is 0.355 e. The quantitative estimate of drug-likeness (QED) is 0.767. The molecular weight excluding hydrogens is 290 g/mol. The van der Waals surface area contributed by atoms with Gasteiger partial charge in [0.05, 0.1) is 23.6 Å². The fourth-order valence-corrected chi connectivity index (χ4v) is 2.57. The highest BCUT2D eigenvalue weighted by Crippen LogP contribution is 2.18. The highest BCUT2D eigenvalue weighted by atomic mass is 32.2. The molecule has 7 heteroatoms. The van der Waals surface area contributed by atoms with Crippen LogP contribution in [0.25, 0.3) is 0 Å². The predicted octanol–water partition coefficient (Wildman–Crippen LogP) is 1.24. The van der Waals surface area contributed by atoms with Gasteiger partial charge in [-0.3, -0.25) is 9.10 Å². The third-order valence-electron chi connectivity index (χ3n) is 2.80. The van der Waals surface area contributed by atoms with E-state index in [2.05, 4.69) is 5.32 Å². The van der Waals surface area contributed by atoms with Crippen molar-refractivity contribution < 1.29 is 13.2 Å². The van der Waals surface area contributed by atoms with E-state index in [1.165, 1.54) is 6.07 Å². The third-order valence-corrected chi connectivity index (χ3v) is 3.94. The molecule has 0 fully saturated rings. The second kappa shape index (κ2) is 7.64. The highest BCUT2D eigenvalue weighted by molar-refractivity contribution is 7.92. The van der Waals surface area contributed by atoms with Gasteiger partial charge >= 0.3 is 0 Å². The Morgan fingerprint density at radius 2 is 2.14 bits per heavy atom. The number of hydrogen-bond acceptors (Lipinski definition) is 4. The molecule has 0 unspecified atom stereocenters. The molecule has 0 saturated carbocycles. The van der Waals surface area contributed by atoms with E-state index in [-0.39, 0.29) is 12.5 Å². The summed E-state index contributed by atoms with van der Waals surface area (Å²) in [5, 5.41) is 11.5. The number of amides is 1. The van der Waals surface area contributed by atoms with Gasteiger partial charge in [-0.25, -0.2) is 8.42 Å². The van der Waals surface area contributed by atoms with Crippen LogP contribution in [0.3, 0.4) is 0 Å². The van der Waals surface area contributed by atoms with Crippen LogP contribution in [0.1, 0.15) is 25.3 Å². The molecule has 0 aliphatic rings. The van der Waals surface area contributed by atoms with Gasteiger partial charge in [-0.15, -0.1) is 0 Å². The second-order valence-corrected chi connectivity index (χ2v) is 6.54. The summed E-state index contributed by atoms with van der Waals surface area (Å²) in [5.74, 6) is -0.365. The Bertz CT molecular complexity index is 635. The van der Waals surface area contributed by atoms with Gasteiger partial charge in [0.2, 0.25) is 15.9 Å². The average molecular weight is 309 g/mol. The van der Waals surface area contributed by atoms with Crippen LogP contribution < -0.4 is 9.62 Å². The number of unbranched alkanes of at least 4 members (excludes halogenated alkanes) is 1. The SMILES string of the molecule is CCCCNC(=O)CN(c1cccc(C#N)c1)S(C)(=O)=O. The molecule has 0 saturated heterocycles. The number of anilines is 1. The van der Waals surface area contributed by atoms with Crippen molar-refractivity contribution in [2.45, 2.75) is 19.8 Å². The zero-order valence-electron chi connectivity index (χ0n) is 12.2. The highest BCUT2D eigenvalue weighted by Gasteiger charge is 2.20. The van der Waals surface area contributed by atoms with Crippen molar-refractivity contribution in [3.63, 3.8) is 0 Å². The van der Waals surface area contributed by atoms with Crippen molar-refractivity contribution in [1.29, 1.82) is 5.26 Å². The molecule has 1 N–H and O–H groups in total. The van der Waals surface area contributed by atoms with Crippen molar-refractivity contribution in [2.24, 2.45) is 0 Å². The van der Waals surface area contributed by atoms with Gasteiger partial charge in [0.1, 0.15) is 6.54 Å². The molecule has 1 aromatic rings. The van der Waals surface area contributed by atoms with E-state index in [4.69, 9.17) is 5.26 Å². The first kappa shape index (κ1) is 17.0. The van der Waals surface area contributed by atoms with E-state index < -0.39 is 10.0 Å². The van der Waals surface area contributed by atoms with Crippen LogP contribution >= 0.6 is 0 Å². The van der Waals surface area contributed by atoms with E-state index >= 15 is 0 Å². The molecule has 114 valence electrons. The van der Waals surface area contributed by atoms with Gasteiger partial charge < -0.3 is 5.32 Å². The van der Waals surface area contributed by atoms with Crippen molar-refractivity contribution in [2.75, 3.05) is 23.7 Å². The van der Waals surface area contributed by atoms with Gasteiger partial charge in [-0.05, 0) is 24.6 Å². The van der Waals surface area contributed by atoms with Crippen molar-refractivity contribution in [3.8, 4) is 6.07 Å². The summed E-state index contributed by atoms with van der Waals surface area (Å²) in [7, 11) is -3.61. The Balaban J connectivity index is 2.92. The molecule has 6 nitrogen and oxygen atoms in total. The first-order valence-corrected chi connectivity index (χ1v) is 8.48. The predicted molar refractivity (Wildman–Crippen MR) is 81.3 cm³/mol. The number of nitriles is 1. The smallest absolute Gasteiger partial charge is 0.240 e. The van der Waals surface area contributed by atoms with Crippen LogP contribution in [-0.2, 0) is 14.8 Å². The van der Waals surface area contributed by atoms with Crippen molar-refractivity contribution >= 4 is 21.6 Å². The monoisotopic (exact) mass is 309 g/mol. The zero-order valence-corrected chi connectivity index (χ0v) is 13.0. The fourth-order valence-electron chi connectivity index (χ4n) is 1.72. The lowest BCUT2D eigenvalue weighted by Gasteiger charge is -2.22. The fraction of sp³-hybridized carbons (Fsp3) is 0.429. The van der Waals surface area contributed by atoms with E-state index in [1.54, 1.807) is 18.2 Å².